The Labute approximate surface area is 160 Å². The number of nitrogens with zero attached hydrogens (tertiary/aromatic N) is 2. The van der Waals surface area contributed by atoms with Crippen LogP contribution >= 0.6 is 11.6 Å². The summed E-state index contributed by atoms with van der Waals surface area (Å²) >= 11 is 6.11. The van der Waals surface area contributed by atoms with E-state index in [0.29, 0.717) is 33.7 Å². The van der Waals surface area contributed by atoms with Gasteiger partial charge in [-0.05, 0) is 36.8 Å². The van der Waals surface area contributed by atoms with Gasteiger partial charge in [0.15, 0.2) is 11.5 Å². The summed E-state index contributed by atoms with van der Waals surface area (Å²) in [6.45, 7) is 2.11. The first-order valence-electron chi connectivity index (χ1n) is 8.15. The van der Waals surface area contributed by atoms with Crippen molar-refractivity contribution in [3.05, 3.63) is 64.9 Å². The first-order valence-corrected chi connectivity index (χ1v) is 8.52. The van der Waals surface area contributed by atoms with Gasteiger partial charge < -0.3 is 20.1 Å². The second-order valence-electron chi connectivity index (χ2n) is 5.91. The summed E-state index contributed by atoms with van der Waals surface area (Å²) in [7, 11) is 0. The van der Waals surface area contributed by atoms with Gasteiger partial charge in [-0.1, -0.05) is 17.7 Å². The fraction of sp³-hybridized carbons (Fsp3) is 0.105. The lowest BCUT2D eigenvalue weighted by Gasteiger charge is -2.08. The third kappa shape index (κ3) is 3.78. The zero-order valence-electron chi connectivity index (χ0n) is 14.3. The molecule has 2 heterocycles. The molecule has 1 amide bonds. The van der Waals surface area contributed by atoms with Crippen LogP contribution in [-0.2, 0) is 0 Å². The predicted octanol–water partition coefficient (Wildman–Crippen LogP) is 4.16. The second-order valence-corrected chi connectivity index (χ2v) is 6.31. The molecule has 7 nitrogen and oxygen atoms in total. The molecule has 2 aromatic carbocycles. The van der Waals surface area contributed by atoms with Gasteiger partial charge in [-0.15, -0.1) is 0 Å². The SMILES string of the molecule is Cc1ccc(Nc2ncc(C(=O)Nc3ccc4c(c3)OCO4)cn2)cc1Cl. The molecule has 2 N–H and O–H groups in total. The number of carbonyl (C=O) groups excluding carboxylic acids is 1. The van der Waals surface area contributed by atoms with Crippen molar-refractivity contribution in [1.29, 1.82) is 0 Å². The highest BCUT2D eigenvalue weighted by Gasteiger charge is 2.15. The summed E-state index contributed by atoms with van der Waals surface area (Å²) in [4.78, 5) is 20.7. The Morgan fingerprint density at radius 1 is 1.04 bits per heavy atom. The average Bonchev–Trinajstić information content (AvgIpc) is 3.13. The number of rotatable bonds is 4. The number of amides is 1. The molecule has 0 aliphatic carbocycles. The Morgan fingerprint density at radius 3 is 2.56 bits per heavy atom. The van der Waals surface area contributed by atoms with Gasteiger partial charge in [0, 0.05) is 34.9 Å². The maximum atomic E-state index is 12.4. The van der Waals surface area contributed by atoms with Crippen molar-refractivity contribution in [2.45, 2.75) is 6.92 Å². The van der Waals surface area contributed by atoms with Crippen LogP contribution < -0.4 is 20.1 Å². The van der Waals surface area contributed by atoms with Gasteiger partial charge in [0.1, 0.15) is 0 Å². The third-order valence-corrected chi connectivity index (χ3v) is 4.38. The van der Waals surface area contributed by atoms with Crippen molar-refractivity contribution in [3.8, 4) is 11.5 Å². The molecule has 3 aromatic rings. The molecule has 8 heteroatoms. The summed E-state index contributed by atoms with van der Waals surface area (Å²) in [6.07, 6.45) is 2.90. The maximum Gasteiger partial charge on any atom is 0.258 e. The first kappa shape index (κ1) is 17.1. The quantitative estimate of drug-likeness (QED) is 0.704. The molecule has 1 aromatic heterocycles. The molecule has 0 fully saturated rings. The molecule has 136 valence electrons. The average molecular weight is 383 g/mol. The van der Waals surface area contributed by atoms with Crippen molar-refractivity contribution in [3.63, 3.8) is 0 Å². The highest BCUT2D eigenvalue weighted by atomic mass is 35.5. The molecule has 0 spiro atoms. The van der Waals surface area contributed by atoms with E-state index < -0.39 is 0 Å². The monoisotopic (exact) mass is 382 g/mol. The van der Waals surface area contributed by atoms with Gasteiger partial charge in [0.2, 0.25) is 12.7 Å². The van der Waals surface area contributed by atoms with E-state index in [4.69, 9.17) is 21.1 Å². The molecule has 0 unspecified atom stereocenters. The van der Waals surface area contributed by atoms with Crippen LogP contribution in [0.5, 0.6) is 11.5 Å². The van der Waals surface area contributed by atoms with E-state index in [1.54, 1.807) is 24.3 Å². The molecular weight excluding hydrogens is 368 g/mol. The normalized spacial score (nSPS) is 11.9. The highest BCUT2D eigenvalue weighted by molar-refractivity contribution is 6.31. The van der Waals surface area contributed by atoms with Crippen LogP contribution in [0.1, 0.15) is 15.9 Å². The molecule has 0 saturated carbocycles. The topological polar surface area (TPSA) is 85.4 Å². The number of halogens is 1. The van der Waals surface area contributed by atoms with Gasteiger partial charge in [-0.25, -0.2) is 9.97 Å². The zero-order chi connectivity index (χ0) is 18.8. The molecule has 1 aliphatic heterocycles. The Bertz CT molecular complexity index is 1010. The van der Waals surface area contributed by atoms with Crippen molar-refractivity contribution in [2.24, 2.45) is 0 Å². The van der Waals surface area contributed by atoms with Crippen LogP contribution in [0.3, 0.4) is 0 Å². The Balaban J connectivity index is 1.43. The van der Waals surface area contributed by atoms with Crippen molar-refractivity contribution >= 4 is 34.8 Å². The fourth-order valence-electron chi connectivity index (χ4n) is 2.49. The van der Waals surface area contributed by atoms with E-state index in [1.807, 2.05) is 19.1 Å². The third-order valence-electron chi connectivity index (χ3n) is 3.97. The standard InChI is InChI=1S/C19H15ClN4O3/c1-11-2-3-13(6-15(11)20)24-19-21-8-12(9-22-19)18(25)23-14-4-5-16-17(7-14)27-10-26-16/h2-9H,10H2,1H3,(H,23,25)(H,21,22,24). The molecule has 0 atom stereocenters. The maximum absolute atomic E-state index is 12.4. The largest absolute Gasteiger partial charge is 0.454 e. The van der Waals surface area contributed by atoms with Crippen LogP contribution in [0.15, 0.2) is 48.8 Å². The fourth-order valence-corrected chi connectivity index (χ4v) is 2.67. The van der Waals surface area contributed by atoms with Crippen LogP contribution in [0.25, 0.3) is 0 Å². The van der Waals surface area contributed by atoms with Gasteiger partial charge in [0.05, 0.1) is 5.56 Å². The van der Waals surface area contributed by atoms with E-state index >= 15 is 0 Å². The molecule has 27 heavy (non-hydrogen) atoms. The molecular formula is C19H15ClN4O3. The van der Waals surface area contributed by atoms with Crippen LogP contribution in [0, 0.1) is 6.92 Å². The summed E-state index contributed by atoms with van der Waals surface area (Å²) < 4.78 is 10.5. The lowest BCUT2D eigenvalue weighted by molar-refractivity contribution is 0.102. The lowest BCUT2D eigenvalue weighted by atomic mass is 10.2. The summed E-state index contributed by atoms with van der Waals surface area (Å²) in [5.74, 6) is 1.30. The Kier molecular flexibility index (Phi) is 4.52. The molecule has 0 saturated heterocycles. The zero-order valence-corrected chi connectivity index (χ0v) is 15.1. The van der Waals surface area contributed by atoms with E-state index in [2.05, 4.69) is 20.6 Å². The lowest BCUT2D eigenvalue weighted by Crippen LogP contribution is -2.13. The molecule has 0 bridgehead atoms. The number of carbonyl (C=O) groups is 1. The molecule has 4 rings (SSSR count). The Morgan fingerprint density at radius 2 is 1.78 bits per heavy atom. The summed E-state index contributed by atoms with van der Waals surface area (Å²) in [5, 5.41) is 6.48. The summed E-state index contributed by atoms with van der Waals surface area (Å²) in [5.41, 5.74) is 2.68. The van der Waals surface area contributed by atoms with E-state index in [0.717, 1.165) is 11.3 Å². The number of hydrogen-bond donors (Lipinski definition) is 2. The van der Waals surface area contributed by atoms with Crippen molar-refractivity contribution in [2.75, 3.05) is 17.4 Å². The minimum Gasteiger partial charge on any atom is -0.454 e. The van der Waals surface area contributed by atoms with Crippen LogP contribution in [-0.4, -0.2) is 22.7 Å². The first-order chi connectivity index (χ1) is 13.1. The highest BCUT2D eigenvalue weighted by Crippen LogP contribution is 2.34. The number of ether oxygens (including phenoxy) is 2. The van der Waals surface area contributed by atoms with Crippen LogP contribution in [0.2, 0.25) is 5.02 Å². The number of fused-ring (bicyclic) bond motifs is 1. The number of nitrogens with one attached hydrogen (secondary N) is 2. The smallest absolute Gasteiger partial charge is 0.258 e. The minimum absolute atomic E-state index is 0.182. The number of hydrogen-bond acceptors (Lipinski definition) is 6. The van der Waals surface area contributed by atoms with E-state index in [-0.39, 0.29) is 12.7 Å². The molecule has 0 radical (unpaired) electrons. The number of anilines is 3. The number of aryl methyl sites for hydroxylation is 1. The van der Waals surface area contributed by atoms with Gasteiger partial charge >= 0.3 is 0 Å². The minimum atomic E-state index is -0.321. The van der Waals surface area contributed by atoms with E-state index in [1.165, 1.54) is 12.4 Å². The van der Waals surface area contributed by atoms with Gasteiger partial charge in [-0.3, -0.25) is 4.79 Å². The van der Waals surface area contributed by atoms with Gasteiger partial charge in [-0.2, -0.15) is 0 Å². The predicted molar refractivity (Wildman–Crippen MR) is 102 cm³/mol. The van der Waals surface area contributed by atoms with Crippen molar-refractivity contribution in [1.82, 2.24) is 9.97 Å². The van der Waals surface area contributed by atoms with Gasteiger partial charge in [0.25, 0.3) is 5.91 Å². The second kappa shape index (κ2) is 7.13. The summed E-state index contributed by atoms with van der Waals surface area (Å²) in [6, 6.07) is 10.8. The molecule has 1 aliphatic rings. The number of aromatic nitrogens is 2. The van der Waals surface area contributed by atoms with Crippen LogP contribution in [0.4, 0.5) is 17.3 Å². The van der Waals surface area contributed by atoms with Crippen molar-refractivity contribution < 1.29 is 14.3 Å². The Hall–Kier alpha value is -3.32. The number of benzene rings is 2. The van der Waals surface area contributed by atoms with E-state index in [9.17, 15) is 4.79 Å².